The number of benzene rings is 1. The molecule has 0 spiro atoms. The third-order valence-electron chi connectivity index (χ3n) is 1.71. The number of alkyl halides is 1. The van der Waals surface area contributed by atoms with E-state index in [9.17, 15) is 9.50 Å². The van der Waals surface area contributed by atoms with E-state index >= 15 is 0 Å². The molecule has 0 aliphatic carbocycles. The first-order chi connectivity index (χ1) is 6.27. The Bertz CT molecular complexity index is 278. The molecule has 1 aromatic rings. The van der Waals surface area contributed by atoms with Crippen LogP contribution in [0.3, 0.4) is 0 Å². The van der Waals surface area contributed by atoms with Crippen molar-refractivity contribution in [3.05, 3.63) is 29.3 Å². The number of hydroxylamine groups is 1. The van der Waals surface area contributed by atoms with Crippen molar-refractivity contribution in [2.45, 2.75) is 13.2 Å². The van der Waals surface area contributed by atoms with Gasteiger partial charge in [-0.25, -0.2) is 4.39 Å². The van der Waals surface area contributed by atoms with Crippen LogP contribution in [0, 0.1) is 0 Å². The van der Waals surface area contributed by atoms with Crippen LogP contribution in [0.1, 0.15) is 11.1 Å². The zero-order valence-electron chi connectivity index (χ0n) is 7.38. The summed E-state index contributed by atoms with van der Waals surface area (Å²) in [5, 5.41) is 9.34. The molecule has 0 fully saturated rings. The second-order valence-corrected chi connectivity index (χ2v) is 2.62. The Balaban J connectivity index is 2.78. The van der Waals surface area contributed by atoms with Gasteiger partial charge in [0.2, 0.25) is 0 Å². The van der Waals surface area contributed by atoms with E-state index in [-0.39, 0.29) is 5.75 Å². The number of hydrogen-bond donors (Lipinski definition) is 2. The van der Waals surface area contributed by atoms with Crippen molar-refractivity contribution < 1.29 is 14.3 Å². The Morgan fingerprint density at radius 1 is 1.54 bits per heavy atom. The van der Waals surface area contributed by atoms with Crippen molar-refractivity contribution in [2.24, 2.45) is 0 Å². The van der Waals surface area contributed by atoms with Gasteiger partial charge in [-0.05, 0) is 17.7 Å². The van der Waals surface area contributed by atoms with Crippen LogP contribution in [-0.2, 0) is 18.1 Å². The molecular formula is C9H12FNO2. The van der Waals surface area contributed by atoms with Crippen LogP contribution in [0.15, 0.2) is 18.2 Å². The SMILES string of the molecule is CONCc1cc(CF)ccc1O. The summed E-state index contributed by atoms with van der Waals surface area (Å²) in [6.45, 7) is -0.170. The van der Waals surface area contributed by atoms with Crippen LogP contribution in [0.2, 0.25) is 0 Å². The number of phenolic OH excluding ortho intramolecular Hbond substituents is 1. The van der Waals surface area contributed by atoms with Crippen molar-refractivity contribution in [2.75, 3.05) is 7.11 Å². The van der Waals surface area contributed by atoms with E-state index in [0.29, 0.717) is 17.7 Å². The maximum Gasteiger partial charge on any atom is 0.120 e. The van der Waals surface area contributed by atoms with Crippen LogP contribution in [-0.4, -0.2) is 12.2 Å². The van der Waals surface area contributed by atoms with Gasteiger partial charge in [-0.2, -0.15) is 5.48 Å². The van der Waals surface area contributed by atoms with Gasteiger partial charge in [0, 0.05) is 12.1 Å². The summed E-state index contributed by atoms with van der Waals surface area (Å²) in [7, 11) is 1.48. The molecule has 3 nitrogen and oxygen atoms in total. The third-order valence-corrected chi connectivity index (χ3v) is 1.71. The largest absolute Gasteiger partial charge is 0.508 e. The molecule has 0 bridgehead atoms. The van der Waals surface area contributed by atoms with E-state index in [1.54, 1.807) is 12.1 Å². The molecule has 0 saturated carbocycles. The van der Waals surface area contributed by atoms with Crippen LogP contribution < -0.4 is 5.48 Å². The fraction of sp³-hybridized carbons (Fsp3) is 0.333. The van der Waals surface area contributed by atoms with E-state index in [0.717, 1.165) is 0 Å². The van der Waals surface area contributed by atoms with E-state index < -0.39 is 6.67 Å². The van der Waals surface area contributed by atoms with Crippen LogP contribution in [0.5, 0.6) is 5.75 Å². The topological polar surface area (TPSA) is 41.5 Å². The minimum absolute atomic E-state index is 0.141. The van der Waals surface area contributed by atoms with Gasteiger partial charge in [0.1, 0.15) is 12.4 Å². The number of halogens is 1. The molecule has 0 aromatic heterocycles. The summed E-state index contributed by atoms with van der Waals surface area (Å²) < 4.78 is 12.2. The second-order valence-electron chi connectivity index (χ2n) is 2.62. The average Bonchev–Trinajstić information content (AvgIpc) is 2.17. The van der Waals surface area contributed by atoms with Gasteiger partial charge in [0.15, 0.2) is 0 Å². The number of rotatable bonds is 4. The lowest BCUT2D eigenvalue weighted by atomic mass is 10.1. The molecule has 2 N–H and O–H groups in total. The number of phenols is 1. The molecule has 0 aliphatic heterocycles. The van der Waals surface area contributed by atoms with Crippen LogP contribution >= 0.6 is 0 Å². The van der Waals surface area contributed by atoms with E-state index in [1.807, 2.05) is 0 Å². The van der Waals surface area contributed by atoms with Gasteiger partial charge in [0.05, 0.1) is 7.11 Å². The minimum Gasteiger partial charge on any atom is -0.508 e. The lowest BCUT2D eigenvalue weighted by Gasteiger charge is -2.05. The molecule has 0 radical (unpaired) electrons. The predicted molar refractivity (Wildman–Crippen MR) is 46.8 cm³/mol. The Hall–Kier alpha value is -1.13. The second kappa shape index (κ2) is 4.79. The van der Waals surface area contributed by atoms with Gasteiger partial charge in [-0.1, -0.05) is 6.07 Å². The molecule has 1 aromatic carbocycles. The first-order valence-corrected chi connectivity index (χ1v) is 3.90. The quantitative estimate of drug-likeness (QED) is 0.699. The lowest BCUT2D eigenvalue weighted by molar-refractivity contribution is 0.0861. The molecule has 0 aliphatic rings. The maximum atomic E-state index is 12.2. The zero-order valence-corrected chi connectivity index (χ0v) is 7.38. The standard InChI is InChI=1S/C9H12FNO2/c1-13-11-6-8-4-7(5-10)2-3-9(8)12/h2-4,11-12H,5-6H2,1H3. The molecule has 72 valence electrons. The van der Waals surface area contributed by atoms with Crippen molar-refractivity contribution in [1.82, 2.24) is 5.48 Å². The average molecular weight is 185 g/mol. The van der Waals surface area contributed by atoms with Crippen LogP contribution in [0.4, 0.5) is 4.39 Å². The zero-order chi connectivity index (χ0) is 9.68. The lowest BCUT2D eigenvalue weighted by Crippen LogP contribution is -2.10. The fourth-order valence-corrected chi connectivity index (χ4v) is 1.01. The fourth-order valence-electron chi connectivity index (χ4n) is 1.01. The van der Waals surface area contributed by atoms with E-state index in [4.69, 9.17) is 0 Å². The number of aromatic hydroxyl groups is 1. The summed E-state index contributed by atoms with van der Waals surface area (Å²) in [5.41, 5.74) is 3.74. The summed E-state index contributed by atoms with van der Waals surface area (Å²) in [5.74, 6) is 0.141. The molecule has 13 heavy (non-hydrogen) atoms. The normalized spacial score (nSPS) is 10.3. The number of nitrogens with one attached hydrogen (secondary N) is 1. The van der Waals surface area contributed by atoms with E-state index in [1.165, 1.54) is 13.2 Å². The molecule has 0 amide bonds. The predicted octanol–water partition coefficient (Wildman–Crippen LogP) is 1.51. The highest BCUT2D eigenvalue weighted by molar-refractivity contribution is 5.35. The third kappa shape index (κ3) is 2.68. The smallest absolute Gasteiger partial charge is 0.120 e. The number of hydrogen-bond acceptors (Lipinski definition) is 3. The molecule has 1 rings (SSSR count). The maximum absolute atomic E-state index is 12.2. The summed E-state index contributed by atoms with van der Waals surface area (Å²) in [6.07, 6.45) is 0. The molecular weight excluding hydrogens is 173 g/mol. The highest BCUT2D eigenvalue weighted by atomic mass is 19.1. The summed E-state index contributed by atoms with van der Waals surface area (Å²) in [6, 6.07) is 4.62. The Kier molecular flexibility index (Phi) is 3.67. The van der Waals surface area contributed by atoms with Gasteiger partial charge in [0.25, 0.3) is 0 Å². The molecule has 0 saturated heterocycles. The summed E-state index contributed by atoms with van der Waals surface area (Å²) in [4.78, 5) is 4.62. The molecule has 0 atom stereocenters. The van der Waals surface area contributed by atoms with Gasteiger partial charge in [-0.3, -0.25) is 0 Å². The van der Waals surface area contributed by atoms with Gasteiger partial charge in [-0.15, -0.1) is 0 Å². The Labute approximate surface area is 76.1 Å². The Morgan fingerprint density at radius 2 is 2.31 bits per heavy atom. The van der Waals surface area contributed by atoms with E-state index in [2.05, 4.69) is 10.3 Å². The van der Waals surface area contributed by atoms with Gasteiger partial charge >= 0.3 is 0 Å². The van der Waals surface area contributed by atoms with Crippen molar-refractivity contribution >= 4 is 0 Å². The van der Waals surface area contributed by atoms with Crippen molar-refractivity contribution in [1.29, 1.82) is 0 Å². The first kappa shape index (κ1) is 9.95. The van der Waals surface area contributed by atoms with Crippen molar-refractivity contribution in [3.8, 4) is 5.75 Å². The first-order valence-electron chi connectivity index (χ1n) is 3.90. The highest BCUT2D eigenvalue weighted by Crippen LogP contribution is 2.18. The molecule has 4 heteroatoms. The van der Waals surface area contributed by atoms with Gasteiger partial charge < -0.3 is 9.94 Å². The summed E-state index contributed by atoms with van der Waals surface area (Å²) >= 11 is 0. The monoisotopic (exact) mass is 185 g/mol. The molecule has 0 unspecified atom stereocenters. The Morgan fingerprint density at radius 3 is 2.92 bits per heavy atom. The highest BCUT2D eigenvalue weighted by Gasteiger charge is 2.01. The van der Waals surface area contributed by atoms with Crippen LogP contribution in [0.25, 0.3) is 0 Å². The van der Waals surface area contributed by atoms with Crippen molar-refractivity contribution in [3.63, 3.8) is 0 Å². The molecule has 0 heterocycles. The minimum atomic E-state index is -0.528.